The minimum absolute atomic E-state index is 0.0593. The summed E-state index contributed by atoms with van der Waals surface area (Å²) in [5, 5.41) is 3.75. The molecular weight excluding hydrogens is 182 g/mol. The summed E-state index contributed by atoms with van der Waals surface area (Å²) in [7, 11) is 0. The van der Waals surface area contributed by atoms with Crippen LogP contribution in [0.4, 0.5) is 0 Å². The second-order valence-corrected chi connectivity index (χ2v) is 2.64. The summed E-state index contributed by atoms with van der Waals surface area (Å²) < 4.78 is 5.17. The Balaban J connectivity index is 2.55. The molecule has 0 radical (unpaired) electrons. The predicted molar refractivity (Wildman–Crippen MR) is 49.7 cm³/mol. The Bertz CT molecular complexity index is 505. The number of azide groups is 1. The maximum Gasteiger partial charge on any atom is 0.284 e. The van der Waals surface area contributed by atoms with Crippen LogP contribution < -0.4 is 0 Å². The number of benzene rings is 1. The van der Waals surface area contributed by atoms with Gasteiger partial charge in [-0.1, -0.05) is 18.2 Å². The van der Waals surface area contributed by atoms with Crippen molar-refractivity contribution in [1.82, 2.24) is 0 Å². The van der Waals surface area contributed by atoms with E-state index in [4.69, 9.17) is 9.95 Å². The number of nitrogens with zero attached hydrogens (tertiary/aromatic N) is 3. The Morgan fingerprint density at radius 2 is 2.21 bits per heavy atom. The molecule has 0 unspecified atom stereocenters. The number of rotatable bonds is 1. The fourth-order valence-corrected chi connectivity index (χ4v) is 1.18. The fourth-order valence-electron chi connectivity index (χ4n) is 1.18. The molecule has 1 heterocycles. The van der Waals surface area contributed by atoms with E-state index >= 15 is 0 Å². The quantitative estimate of drug-likeness (QED) is 0.390. The minimum atomic E-state index is -0.705. The van der Waals surface area contributed by atoms with E-state index in [-0.39, 0.29) is 5.76 Å². The average Bonchev–Trinajstić information content (AvgIpc) is 2.61. The van der Waals surface area contributed by atoms with Crippen LogP contribution in [0.1, 0.15) is 10.6 Å². The van der Waals surface area contributed by atoms with Crippen LogP contribution in [0.25, 0.3) is 21.4 Å². The first kappa shape index (κ1) is 8.34. The first-order valence-corrected chi connectivity index (χ1v) is 3.89. The third kappa shape index (κ3) is 1.32. The standard InChI is InChI=1S/C9H5N3O2/c10-12-11-9(13)8-5-6-3-1-2-4-7(6)14-8/h1-5H. The van der Waals surface area contributed by atoms with Crippen LogP contribution in [0.2, 0.25) is 0 Å². The van der Waals surface area contributed by atoms with Crippen LogP contribution in [0.3, 0.4) is 0 Å². The first-order valence-electron chi connectivity index (χ1n) is 3.89. The smallest absolute Gasteiger partial charge is 0.284 e. The second kappa shape index (κ2) is 3.24. The SMILES string of the molecule is [N-]=[N+]=NC(=O)c1cc2ccccc2o1. The maximum atomic E-state index is 11.1. The van der Waals surface area contributed by atoms with Gasteiger partial charge in [0.1, 0.15) is 5.58 Å². The zero-order valence-corrected chi connectivity index (χ0v) is 7.04. The molecule has 1 amide bonds. The van der Waals surface area contributed by atoms with Gasteiger partial charge in [0.2, 0.25) is 0 Å². The molecule has 5 nitrogen and oxygen atoms in total. The van der Waals surface area contributed by atoms with Gasteiger partial charge in [-0.3, -0.25) is 4.79 Å². The summed E-state index contributed by atoms with van der Waals surface area (Å²) in [6.07, 6.45) is 0. The number of amides is 1. The molecule has 5 heteroatoms. The van der Waals surface area contributed by atoms with E-state index in [1.807, 2.05) is 12.1 Å². The molecule has 0 bridgehead atoms. The Morgan fingerprint density at radius 3 is 2.93 bits per heavy atom. The van der Waals surface area contributed by atoms with Gasteiger partial charge in [-0.15, -0.1) is 0 Å². The van der Waals surface area contributed by atoms with Crippen LogP contribution in [-0.2, 0) is 0 Å². The van der Waals surface area contributed by atoms with Gasteiger partial charge in [-0.25, -0.2) is 0 Å². The molecule has 14 heavy (non-hydrogen) atoms. The highest BCUT2D eigenvalue weighted by Gasteiger charge is 2.09. The first-order chi connectivity index (χ1) is 6.81. The van der Waals surface area contributed by atoms with E-state index in [1.54, 1.807) is 18.2 Å². The van der Waals surface area contributed by atoms with Crippen molar-refractivity contribution < 1.29 is 9.21 Å². The van der Waals surface area contributed by atoms with Gasteiger partial charge in [-0.05, 0) is 22.8 Å². The van der Waals surface area contributed by atoms with Gasteiger partial charge in [-0.2, -0.15) is 0 Å². The van der Waals surface area contributed by atoms with Crippen LogP contribution in [0.15, 0.2) is 39.9 Å². The lowest BCUT2D eigenvalue weighted by molar-refractivity contribution is 0.0976. The Hall–Kier alpha value is -2.26. The lowest BCUT2D eigenvalue weighted by Crippen LogP contribution is -1.88. The second-order valence-electron chi connectivity index (χ2n) is 2.64. The van der Waals surface area contributed by atoms with Crippen molar-refractivity contribution in [2.24, 2.45) is 5.11 Å². The van der Waals surface area contributed by atoms with E-state index in [0.29, 0.717) is 5.58 Å². The Kier molecular flexibility index (Phi) is 1.93. The van der Waals surface area contributed by atoms with E-state index in [9.17, 15) is 4.79 Å². The number of carbonyl (C=O) groups is 1. The molecule has 1 aromatic heterocycles. The van der Waals surface area contributed by atoms with Crippen LogP contribution in [0, 0.1) is 0 Å². The van der Waals surface area contributed by atoms with Crippen molar-refractivity contribution in [2.45, 2.75) is 0 Å². The normalized spacial score (nSPS) is 9.71. The van der Waals surface area contributed by atoms with Crippen molar-refractivity contribution in [3.63, 3.8) is 0 Å². The third-order valence-electron chi connectivity index (χ3n) is 1.77. The van der Waals surface area contributed by atoms with Crippen molar-refractivity contribution in [3.05, 3.63) is 46.5 Å². The maximum absolute atomic E-state index is 11.1. The summed E-state index contributed by atoms with van der Waals surface area (Å²) in [6.45, 7) is 0. The molecule has 0 saturated carbocycles. The van der Waals surface area contributed by atoms with Crippen LogP contribution >= 0.6 is 0 Å². The Labute approximate surface area is 78.6 Å². The number of hydrogen-bond donors (Lipinski definition) is 0. The number of fused-ring (bicyclic) bond motifs is 1. The summed E-state index contributed by atoms with van der Waals surface area (Å²) in [5.41, 5.74) is 8.67. The zero-order valence-electron chi connectivity index (χ0n) is 7.04. The molecule has 0 aliphatic heterocycles. The van der Waals surface area contributed by atoms with E-state index in [2.05, 4.69) is 10.0 Å². The fraction of sp³-hybridized carbons (Fsp3) is 0. The molecule has 0 atom stereocenters. The number of carbonyl (C=O) groups excluding carboxylic acids is 1. The molecule has 0 aliphatic carbocycles. The third-order valence-corrected chi connectivity index (χ3v) is 1.77. The molecular formula is C9H5N3O2. The van der Waals surface area contributed by atoms with Gasteiger partial charge >= 0.3 is 0 Å². The molecule has 0 fully saturated rings. The van der Waals surface area contributed by atoms with Gasteiger partial charge in [0, 0.05) is 10.3 Å². The van der Waals surface area contributed by atoms with Crippen LogP contribution in [-0.4, -0.2) is 5.91 Å². The summed E-state index contributed by atoms with van der Waals surface area (Å²) in [4.78, 5) is 13.5. The lowest BCUT2D eigenvalue weighted by Gasteiger charge is -1.83. The zero-order chi connectivity index (χ0) is 9.97. The number of para-hydroxylation sites is 1. The molecule has 68 valence electrons. The molecule has 2 rings (SSSR count). The number of furan rings is 1. The van der Waals surface area contributed by atoms with Crippen LogP contribution in [0.5, 0.6) is 0 Å². The predicted octanol–water partition coefficient (Wildman–Crippen LogP) is 2.88. The number of hydrogen-bond acceptors (Lipinski definition) is 2. The molecule has 1 aromatic carbocycles. The molecule has 0 saturated heterocycles. The highest BCUT2D eigenvalue weighted by molar-refractivity contribution is 5.96. The lowest BCUT2D eigenvalue weighted by atomic mass is 10.2. The Morgan fingerprint density at radius 1 is 1.43 bits per heavy atom. The largest absolute Gasteiger partial charge is 0.453 e. The van der Waals surface area contributed by atoms with Gasteiger partial charge in [0.15, 0.2) is 5.76 Å². The van der Waals surface area contributed by atoms with Gasteiger partial charge in [0.25, 0.3) is 5.91 Å². The molecule has 0 aliphatic rings. The summed E-state index contributed by atoms with van der Waals surface area (Å²) in [5.74, 6) is -0.646. The highest BCUT2D eigenvalue weighted by Crippen LogP contribution is 2.19. The summed E-state index contributed by atoms with van der Waals surface area (Å²) >= 11 is 0. The van der Waals surface area contributed by atoms with Crippen molar-refractivity contribution in [1.29, 1.82) is 0 Å². The molecule has 2 aromatic rings. The summed E-state index contributed by atoms with van der Waals surface area (Å²) in [6, 6.07) is 8.73. The van der Waals surface area contributed by atoms with Crippen molar-refractivity contribution >= 4 is 16.9 Å². The van der Waals surface area contributed by atoms with Gasteiger partial charge in [0.05, 0.1) is 0 Å². The van der Waals surface area contributed by atoms with E-state index in [0.717, 1.165) is 5.39 Å². The highest BCUT2D eigenvalue weighted by atomic mass is 16.3. The van der Waals surface area contributed by atoms with Crippen molar-refractivity contribution in [3.8, 4) is 0 Å². The monoisotopic (exact) mass is 187 g/mol. The van der Waals surface area contributed by atoms with E-state index in [1.165, 1.54) is 0 Å². The topological polar surface area (TPSA) is 79.0 Å². The molecule has 0 spiro atoms. The molecule has 0 N–H and O–H groups in total. The average molecular weight is 187 g/mol. The van der Waals surface area contributed by atoms with E-state index < -0.39 is 5.91 Å². The van der Waals surface area contributed by atoms with Crippen molar-refractivity contribution in [2.75, 3.05) is 0 Å². The van der Waals surface area contributed by atoms with Gasteiger partial charge < -0.3 is 4.42 Å². The minimum Gasteiger partial charge on any atom is -0.453 e.